The average molecular weight is 314 g/mol. The van der Waals surface area contributed by atoms with E-state index in [4.69, 9.17) is 4.55 Å². The van der Waals surface area contributed by atoms with E-state index >= 15 is 0 Å². The maximum absolute atomic E-state index is 11.0. The molecule has 1 atom stereocenters. The molecular formula is C16H28NO3S+. The first-order chi connectivity index (χ1) is 9.30. The van der Waals surface area contributed by atoms with E-state index in [-0.39, 0.29) is 15.8 Å². The maximum atomic E-state index is 11.0. The largest absolute Gasteiger partial charge is 0.316 e. The van der Waals surface area contributed by atoms with E-state index in [1.165, 1.54) is 5.56 Å². The predicted molar refractivity (Wildman–Crippen MR) is 86.5 cm³/mol. The molecule has 0 aliphatic heterocycles. The second kappa shape index (κ2) is 6.07. The Morgan fingerprint density at radius 3 is 2.00 bits per heavy atom. The van der Waals surface area contributed by atoms with Crippen LogP contribution in [0.4, 0.5) is 0 Å². The average Bonchev–Trinajstić information content (AvgIpc) is 2.23. The van der Waals surface area contributed by atoms with Crippen molar-refractivity contribution >= 4 is 10.1 Å². The van der Waals surface area contributed by atoms with Gasteiger partial charge in [-0.05, 0) is 16.9 Å². The number of rotatable bonds is 5. The number of nitrogens with zero attached hydrogens (tertiary/aromatic N) is 1. The first-order valence-electron chi connectivity index (χ1n) is 7.16. The van der Waals surface area contributed by atoms with Gasteiger partial charge in [-0.3, -0.25) is 4.55 Å². The molecule has 0 aliphatic carbocycles. The van der Waals surface area contributed by atoms with Gasteiger partial charge in [0.15, 0.2) is 0 Å². The quantitative estimate of drug-likeness (QED) is 0.670. The van der Waals surface area contributed by atoms with Crippen LogP contribution in [0.25, 0.3) is 0 Å². The van der Waals surface area contributed by atoms with E-state index in [9.17, 15) is 8.42 Å². The molecule has 0 aliphatic rings. The van der Waals surface area contributed by atoms with Gasteiger partial charge in [0, 0.05) is 5.56 Å². The van der Waals surface area contributed by atoms with Gasteiger partial charge < -0.3 is 4.48 Å². The molecule has 1 rings (SSSR count). The van der Waals surface area contributed by atoms with Crippen molar-refractivity contribution in [3.05, 3.63) is 35.4 Å². The molecular weight excluding hydrogens is 286 g/mol. The fourth-order valence-electron chi connectivity index (χ4n) is 2.39. The molecule has 1 unspecified atom stereocenters. The van der Waals surface area contributed by atoms with Gasteiger partial charge in [-0.1, -0.05) is 52.0 Å². The second-order valence-electron chi connectivity index (χ2n) is 7.63. The molecule has 0 heterocycles. The third kappa shape index (κ3) is 6.16. The summed E-state index contributed by atoms with van der Waals surface area (Å²) in [6.07, 6.45) is 0. The minimum absolute atomic E-state index is 0.201. The summed E-state index contributed by atoms with van der Waals surface area (Å²) in [6, 6.07) is 8.31. The Morgan fingerprint density at radius 1 is 1.14 bits per heavy atom. The summed E-state index contributed by atoms with van der Waals surface area (Å²) < 4.78 is 31.3. The van der Waals surface area contributed by atoms with Crippen LogP contribution in [0, 0.1) is 5.41 Å². The molecule has 0 radical (unpaired) electrons. The normalized spacial score (nSPS) is 15.0. The maximum Gasteiger partial charge on any atom is 0.316 e. The highest BCUT2D eigenvalue weighted by molar-refractivity contribution is 7.85. The smallest absolute Gasteiger partial charge is 0.310 e. The molecule has 120 valence electrons. The van der Waals surface area contributed by atoms with Crippen molar-refractivity contribution in [2.24, 2.45) is 5.41 Å². The minimum Gasteiger partial charge on any atom is -0.310 e. The summed E-state index contributed by atoms with van der Waals surface area (Å²) in [4.78, 5) is 0. The molecule has 0 saturated heterocycles. The first-order valence-corrected chi connectivity index (χ1v) is 8.77. The van der Waals surface area contributed by atoms with Gasteiger partial charge in [0.25, 0.3) is 0 Å². The van der Waals surface area contributed by atoms with Crippen molar-refractivity contribution in [1.29, 1.82) is 0 Å². The van der Waals surface area contributed by atoms with Crippen LogP contribution in [0.2, 0.25) is 0 Å². The van der Waals surface area contributed by atoms with E-state index in [0.717, 1.165) is 5.56 Å². The second-order valence-corrected chi connectivity index (χ2v) is 9.06. The lowest BCUT2D eigenvalue weighted by atomic mass is 9.78. The van der Waals surface area contributed by atoms with Crippen LogP contribution >= 0.6 is 0 Å². The summed E-state index contributed by atoms with van der Waals surface area (Å²) in [5.74, 6) is 0.166. The van der Waals surface area contributed by atoms with E-state index in [1.807, 2.05) is 12.1 Å². The number of quaternary nitrogens is 1. The fourth-order valence-corrected chi connectivity index (χ4v) is 3.37. The summed E-state index contributed by atoms with van der Waals surface area (Å²) in [7, 11) is -0.388. The summed E-state index contributed by atoms with van der Waals surface area (Å²) in [5, 5.41) is 0. The monoisotopic (exact) mass is 314 g/mol. The molecule has 0 amide bonds. The summed E-state index contributed by atoms with van der Waals surface area (Å²) in [6.45, 7) is 9.43. The van der Waals surface area contributed by atoms with Crippen LogP contribution in [0.15, 0.2) is 24.3 Å². The number of hydrogen-bond acceptors (Lipinski definition) is 2. The van der Waals surface area contributed by atoms with Crippen LogP contribution in [-0.4, -0.2) is 37.4 Å². The number of benzene rings is 1. The molecule has 0 aromatic heterocycles. The lowest BCUT2D eigenvalue weighted by molar-refractivity contribution is -0.892. The highest BCUT2D eigenvalue weighted by Crippen LogP contribution is 2.34. The van der Waals surface area contributed by atoms with Gasteiger partial charge in [-0.25, -0.2) is 0 Å². The summed E-state index contributed by atoms with van der Waals surface area (Å²) >= 11 is 0. The van der Waals surface area contributed by atoms with Crippen LogP contribution in [0.1, 0.15) is 44.7 Å². The van der Waals surface area contributed by atoms with Gasteiger partial charge in [0.1, 0.15) is 6.54 Å². The molecule has 0 saturated carbocycles. The minimum atomic E-state index is -3.97. The Labute approximate surface area is 129 Å². The SMILES string of the molecule is CC(c1ccc(C[N+](C)(C)CS(=O)(=O)O)cc1)C(C)(C)C. The lowest BCUT2D eigenvalue weighted by Crippen LogP contribution is -2.42. The van der Waals surface area contributed by atoms with Crippen LogP contribution in [0.3, 0.4) is 0 Å². The van der Waals surface area contributed by atoms with E-state index < -0.39 is 10.1 Å². The molecule has 1 aromatic rings. The lowest BCUT2D eigenvalue weighted by Gasteiger charge is -2.29. The van der Waals surface area contributed by atoms with Crippen molar-refractivity contribution in [2.75, 3.05) is 20.0 Å². The van der Waals surface area contributed by atoms with E-state index in [2.05, 4.69) is 39.8 Å². The van der Waals surface area contributed by atoms with E-state index in [0.29, 0.717) is 12.5 Å². The Balaban J connectivity index is 2.84. The van der Waals surface area contributed by atoms with Crippen LogP contribution in [-0.2, 0) is 16.7 Å². The molecule has 0 fully saturated rings. The molecule has 5 heteroatoms. The summed E-state index contributed by atoms with van der Waals surface area (Å²) in [5.41, 5.74) is 2.56. The van der Waals surface area contributed by atoms with Crippen molar-refractivity contribution in [2.45, 2.75) is 40.2 Å². The zero-order valence-electron chi connectivity index (χ0n) is 13.9. The molecule has 0 spiro atoms. The van der Waals surface area contributed by atoms with Crippen LogP contribution in [0.5, 0.6) is 0 Å². The van der Waals surface area contributed by atoms with Gasteiger partial charge in [0.2, 0.25) is 5.88 Å². The van der Waals surface area contributed by atoms with Crippen molar-refractivity contribution in [1.82, 2.24) is 0 Å². The molecule has 0 bridgehead atoms. The Morgan fingerprint density at radius 2 is 1.62 bits per heavy atom. The van der Waals surface area contributed by atoms with Gasteiger partial charge in [0.05, 0.1) is 14.1 Å². The first kappa shape index (κ1) is 18.1. The van der Waals surface area contributed by atoms with Crippen molar-refractivity contribution in [3.63, 3.8) is 0 Å². The van der Waals surface area contributed by atoms with Gasteiger partial charge >= 0.3 is 10.1 Å². The highest BCUT2D eigenvalue weighted by Gasteiger charge is 2.24. The fraction of sp³-hybridized carbons (Fsp3) is 0.625. The van der Waals surface area contributed by atoms with Gasteiger partial charge in [-0.2, -0.15) is 8.42 Å². The van der Waals surface area contributed by atoms with Gasteiger partial charge in [-0.15, -0.1) is 0 Å². The number of hydrogen-bond donors (Lipinski definition) is 1. The standard InChI is InChI=1S/C16H27NO3S/c1-13(16(2,3)4)15-9-7-14(8-10-15)11-17(5,6)12-21(18,19)20/h7-10,13H,11-12H2,1-6H3/p+1. The Hall–Kier alpha value is -0.910. The van der Waals surface area contributed by atoms with Crippen LogP contribution < -0.4 is 0 Å². The third-order valence-corrected chi connectivity index (χ3v) is 4.93. The zero-order chi connectivity index (χ0) is 16.5. The van der Waals surface area contributed by atoms with E-state index in [1.54, 1.807) is 14.1 Å². The topological polar surface area (TPSA) is 54.4 Å². The molecule has 1 N–H and O–H groups in total. The van der Waals surface area contributed by atoms with Crippen molar-refractivity contribution < 1.29 is 17.5 Å². The molecule has 1 aromatic carbocycles. The third-order valence-electron chi connectivity index (χ3n) is 3.90. The predicted octanol–water partition coefficient (Wildman–Crippen LogP) is 3.26. The Kier molecular flexibility index (Phi) is 5.24. The Bertz CT molecular complexity index is 569. The molecule has 4 nitrogen and oxygen atoms in total. The zero-order valence-corrected chi connectivity index (χ0v) is 14.7. The van der Waals surface area contributed by atoms with Crippen molar-refractivity contribution in [3.8, 4) is 0 Å². The highest BCUT2D eigenvalue weighted by atomic mass is 32.2. The molecule has 21 heavy (non-hydrogen) atoms.